The number of hydrogen-bond donors (Lipinski definition) is 1. The van der Waals surface area contributed by atoms with E-state index in [9.17, 15) is 24.8 Å². The van der Waals surface area contributed by atoms with Gasteiger partial charge in [0.1, 0.15) is 5.60 Å². The zero-order valence-corrected chi connectivity index (χ0v) is 13.7. The summed E-state index contributed by atoms with van der Waals surface area (Å²) < 4.78 is 4.61. The normalized spacial score (nSPS) is 36.5. The fourth-order valence-corrected chi connectivity index (χ4v) is 4.56. The van der Waals surface area contributed by atoms with Crippen molar-refractivity contribution in [3.63, 3.8) is 0 Å². The first-order valence-corrected chi connectivity index (χ1v) is 7.95. The van der Waals surface area contributed by atoms with E-state index < -0.39 is 45.3 Å². The van der Waals surface area contributed by atoms with Crippen LogP contribution in [-0.2, 0) is 14.3 Å². The highest BCUT2D eigenvalue weighted by molar-refractivity contribution is 9.10. The lowest BCUT2D eigenvalue weighted by molar-refractivity contribution is -0.384. The van der Waals surface area contributed by atoms with E-state index in [1.807, 2.05) is 0 Å². The van der Waals surface area contributed by atoms with Gasteiger partial charge in [0.25, 0.3) is 5.69 Å². The molecule has 0 radical (unpaired) electrons. The number of aliphatic hydroxyl groups excluding tert-OH is 1. The van der Waals surface area contributed by atoms with E-state index in [-0.39, 0.29) is 11.4 Å². The Morgan fingerprint density at radius 2 is 1.83 bits per heavy atom. The number of aliphatic hydroxyl groups is 1. The standard InChI is InChI=1S/C15H11BrN2O6/c16-15-6-5-14(7-19,24-15)10-11(15)13(21)17(12(10)20)8-1-3-9(4-2-8)18(22)23/h1-6,10-11,19H,7H2/t10-,11+,14-,15+/m0/s1. The lowest BCUT2D eigenvalue weighted by atomic mass is 9.77. The van der Waals surface area contributed by atoms with Crippen molar-refractivity contribution in [2.24, 2.45) is 11.8 Å². The minimum absolute atomic E-state index is 0.133. The van der Waals surface area contributed by atoms with Gasteiger partial charge in [0.15, 0.2) is 4.51 Å². The van der Waals surface area contributed by atoms with Crippen LogP contribution in [0, 0.1) is 22.0 Å². The van der Waals surface area contributed by atoms with E-state index in [1.165, 1.54) is 24.3 Å². The number of fused-ring (bicyclic) bond motifs is 5. The van der Waals surface area contributed by atoms with Crippen molar-refractivity contribution in [1.29, 1.82) is 0 Å². The van der Waals surface area contributed by atoms with Crippen molar-refractivity contribution in [2.75, 3.05) is 11.5 Å². The Balaban J connectivity index is 1.75. The Hall–Kier alpha value is -2.10. The van der Waals surface area contributed by atoms with E-state index in [2.05, 4.69) is 15.9 Å². The summed E-state index contributed by atoms with van der Waals surface area (Å²) in [6.45, 7) is -0.425. The molecule has 3 aliphatic heterocycles. The van der Waals surface area contributed by atoms with Gasteiger partial charge in [-0.3, -0.25) is 19.7 Å². The third-order valence-electron chi connectivity index (χ3n) is 4.76. The average Bonchev–Trinajstić information content (AvgIpc) is 3.14. The zero-order valence-electron chi connectivity index (χ0n) is 12.1. The third-order valence-corrected chi connectivity index (χ3v) is 5.68. The first-order chi connectivity index (χ1) is 11.3. The van der Waals surface area contributed by atoms with Gasteiger partial charge in [-0.25, -0.2) is 4.90 Å². The number of halogens is 1. The molecule has 8 nitrogen and oxygen atoms in total. The Kier molecular flexibility index (Phi) is 3.03. The molecular weight excluding hydrogens is 384 g/mol. The lowest BCUT2D eigenvalue weighted by Gasteiger charge is -2.26. The van der Waals surface area contributed by atoms with Gasteiger partial charge in [-0.15, -0.1) is 0 Å². The first kappa shape index (κ1) is 15.4. The maximum absolute atomic E-state index is 12.8. The number of non-ortho nitro benzene ring substituents is 1. The van der Waals surface area contributed by atoms with Gasteiger partial charge in [0.2, 0.25) is 11.8 Å². The van der Waals surface area contributed by atoms with E-state index in [0.717, 1.165) is 4.90 Å². The Morgan fingerprint density at radius 3 is 2.42 bits per heavy atom. The van der Waals surface area contributed by atoms with E-state index in [1.54, 1.807) is 12.2 Å². The van der Waals surface area contributed by atoms with Gasteiger partial charge in [0.05, 0.1) is 29.1 Å². The molecule has 0 aliphatic carbocycles. The van der Waals surface area contributed by atoms with Crippen molar-refractivity contribution in [3.8, 4) is 0 Å². The molecular formula is C15H11BrN2O6. The molecule has 0 spiro atoms. The summed E-state index contributed by atoms with van der Waals surface area (Å²) >= 11 is 3.36. The van der Waals surface area contributed by atoms with Gasteiger partial charge in [-0.2, -0.15) is 0 Å². The third kappa shape index (κ3) is 1.74. The molecule has 1 N–H and O–H groups in total. The van der Waals surface area contributed by atoms with Crippen LogP contribution in [0.5, 0.6) is 0 Å². The molecule has 9 heteroatoms. The Bertz CT molecular complexity index is 809. The quantitative estimate of drug-likeness (QED) is 0.270. The van der Waals surface area contributed by atoms with E-state index in [0.29, 0.717) is 0 Å². The molecule has 3 aliphatic rings. The summed E-state index contributed by atoms with van der Waals surface area (Å²) in [4.78, 5) is 36.8. The Labute approximate surface area is 144 Å². The second kappa shape index (κ2) is 4.71. The van der Waals surface area contributed by atoms with Crippen LogP contribution in [0.1, 0.15) is 0 Å². The molecule has 2 saturated heterocycles. The number of nitro benzene ring substituents is 1. The van der Waals surface area contributed by atoms with Crippen LogP contribution in [0.2, 0.25) is 0 Å². The van der Waals surface area contributed by atoms with Gasteiger partial charge in [-0.05, 0) is 40.2 Å². The molecule has 0 unspecified atom stereocenters. The number of alkyl halides is 1. The summed E-state index contributed by atoms with van der Waals surface area (Å²) in [6.07, 6.45) is 3.24. The van der Waals surface area contributed by atoms with Gasteiger partial charge < -0.3 is 9.84 Å². The van der Waals surface area contributed by atoms with Crippen molar-refractivity contribution in [2.45, 2.75) is 10.1 Å². The predicted molar refractivity (Wildman–Crippen MR) is 84.3 cm³/mol. The minimum Gasteiger partial charge on any atom is -0.393 e. The van der Waals surface area contributed by atoms with Crippen LogP contribution in [0.15, 0.2) is 36.4 Å². The lowest BCUT2D eigenvalue weighted by Crippen LogP contribution is -2.43. The van der Waals surface area contributed by atoms with Crippen molar-refractivity contribution in [3.05, 3.63) is 46.5 Å². The van der Waals surface area contributed by atoms with Crippen LogP contribution >= 0.6 is 15.9 Å². The molecule has 24 heavy (non-hydrogen) atoms. The fraction of sp³-hybridized carbons (Fsp3) is 0.333. The van der Waals surface area contributed by atoms with Crippen LogP contribution in [-0.4, -0.2) is 38.6 Å². The van der Waals surface area contributed by atoms with E-state index in [4.69, 9.17) is 4.74 Å². The number of benzene rings is 1. The van der Waals surface area contributed by atoms with Gasteiger partial charge in [0, 0.05) is 12.1 Å². The van der Waals surface area contributed by atoms with Gasteiger partial charge >= 0.3 is 0 Å². The highest BCUT2D eigenvalue weighted by Crippen LogP contribution is 2.60. The molecule has 2 bridgehead atoms. The van der Waals surface area contributed by atoms with Crippen LogP contribution < -0.4 is 4.90 Å². The predicted octanol–water partition coefficient (Wildman–Crippen LogP) is 1.12. The van der Waals surface area contributed by atoms with Crippen molar-refractivity contribution >= 4 is 39.1 Å². The smallest absolute Gasteiger partial charge is 0.269 e. The second-order valence-corrected chi connectivity index (χ2v) is 7.23. The number of rotatable bonds is 3. The summed E-state index contributed by atoms with van der Waals surface area (Å²) in [5, 5.41) is 20.4. The number of nitro groups is 1. The molecule has 1 aromatic rings. The number of imide groups is 1. The molecule has 4 rings (SSSR count). The number of amides is 2. The number of carbonyl (C=O) groups is 2. The summed E-state index contributed by atoms with van der Waals surface area (Å²) in [5.41, 5.74) is -1.10. The SMILES string of the molecule is O=C1[C@@H]2[C@H](C(=O)N1c1ccc([N+](=O)[O-])cc1)[C@@]1(Br)C=C[C@@]2(CO)O1. The fourth-order valence-electron chi connectivity index (χ4n) is 3.67. The zero-order chi connectivity index (χ0) is 17.3. The number of ether oxygens (including phenoxy) is 1. The van der Waals surface area contributed by atoms with Crippen molar-refractivity contribution in [1.82, 2.24) is 0 Å². The molecule has 2 amide bonds. The topological polar surface area (TPSA) is 110 Å². The molecule has 0 aromatic heterocycles. The monoisotopic (exact) mass is 394 g/mol. The largest absolute Gasteiger partial charge is 0.393 e. The van der Waals surface area contributed by atoms with Crippen LogP contribution in [0.4, 0.5) is 11.4 Å². The number of nitrogens with zero attached hydrogens (tertiary/aromatic N) is 2. The maximum Gasteiger partial charge on any atom is 0.269 e. The number of anilines is 1. The molecule has 0 saturated carbocycles. The summed E-state index contributed by atoms with van der Waals surface area (Å²) in [7, 11) is 0. The minimum atomic E-state index is -1.23. The second-order valence-electron chi connectivity index (χ2n) is 5.99. The Morgan fingerprint density at radius 1 is 1.21 bits per heavy atom. The van der Waals surface area contributed by atoms with Crippen LogP contribution in [0.3, 0.4) is 0 Å². The first-order valence-electron chi connectivity index (χ1n) is 7.15. The highest BCUT2D eigenvalue weighted by atomic mass is 79.9. The van der Waals surface area contributed by atoms with Gasteiger partial charge in [-0.1, -0.05) is 0 Å². The molecule has 3 heterocycles. The maximum atomic E-state index is 12.8. The molecule has 2 fully saturated rings. The van der Waals surface area contributed by atoms with Crippen molar-refractivity contribution < 1.29 is 24.4 Å². The molecule has 1 aromatic carbocycles. The van der Waals surface area contributed by atoms with E-state index >= 15 is 0 Å². The molecule has 124 valence electrons. The number of hydrogen-bond acceptors (Lipinski definition) is 6. The number of carbonyl (C=O) groups excluding carboxylic acids is 2. The average molecular weight is 395 g/mol. The summed E-state index contributed by atoms with van der Waals surface area (Å²) in [6, 6.07) is 5.19. The highest BCUT2D eigenvalue weighted by Gasteiger charge is 2.73. The van der Waals surface area contributed by atoms with Crippen LogP contribution in [0.25, 0.3) is 0 Å². The molecule has 4 atom stereocenters. The summed E-state index contributed by atoms with van der Waals surface area (Å²) in [5.74, 6) is -2.58.